The number of halogens is 2. The Kier molecular flexibility index (Phi) is 5.72. The van der Waals surface area contributed by atoms with Crippen LogP contribution in [0, 0.1) is 0 Å². The third-order valence-corrected chi connectivity index (χ3v) is 4.89. The van der Waals surface area contributed by atoms with E-state index in [2.05, 4.69) is 0 Å². The lowest BCUT2D eigenvalue weighted by Gasteiger charge is -2.34. The average molecular weight is 351 g/mol. The molecule has 124 valence electrons. The zero-order valence-electron chi connectivity index (χ0n) is 12.9. The van der Waals surface area contributed by atoms with Crippen LogP contribution in [0.25, 0.3) is 0 Å². The Morgan fingerprint density at radius 2 is 1.86 bits per heavy atom. The normalized spacial score (nSPS) is 33.1. The first-order valence-corrected chi connectivity index (χ1v) is 7.53. The standard InChI is InChI=1S/C15H20Cl2O5/c1-15(21-4)12(22-14(20-3)13(15)19-2)11(18)8-5-6-9(16)10(17)7-8/h5-7,11-14,18H,1-4H3/t11-,12-,13+,14?,15-/m1/s1. The molecule has 2 rings (SSSR count). The fraction of sp³-hybridized carbons (Fsp3) is 0.600. The fourth-order valence-electron chi connectivity index (χ4n) is 2.80. The zero-order valence-corrected chi connectivity index (χ0v) is 14.4. The summed E-state index contributed by atoms with van der Waals surface area (Å²) < 4.78 is 22.1. The number of aliphatic hydroxyl groups excluding tert-OH is 1. The summed E-state index contributed by atoms with van der Waals surface area (Å²) in [6.45, 7) is 1.81. The fourth-order valence-corrected chi connectivity index (χ4v) is 3.11. The van der Waals surface area contributed by atoms with Gasteiger partial charge in [0.1, 0.15) is 23.9 Å². The summed E-state index contributed by atoms with van der Waals surface area (Å²) in [5.74, 6) is 0. The van der Waals surface area contributed by atoms with Gasteiger partial charge >= 0.3 is 0 Å². The van der Waals surface area contributed by atoms with Crippen LogP contribution in [0.2, 0.25) is 10.0 Å². The molecule has 22 heavy (non-hydrogen) atoms. The van der Waals surface area contributed by atoms with Crippen LogP contribution < -0.4 is 0 Å². The molecule has 1 heterocycles. The highest BCUT2D eigenvalue weighted by molar-refractivity contribution is 6.42. The highest BCUT2D eigenvalue weighted by atomic mass is 35.5. The van der Waals surface area contributed by atoms with Crippen LogP contribution in [0.5, 0.6) is 0 Å². The molecule has 0 saturated carbocycles. The number of benzene rings is 1. The van der Waals surface area contributed by atoms with Gasteiger partial charge in [0.15, 0.2) is 6.29 Å². The number of hydrogen-bond acceptors (Lipinski definition) is 5. The minimum atomic E-state index is -0.975. The summed E-state index contributed by atoms with van der Waals surface area (Å²) in [4.78, 5) is 0. The lowest BCUT2D eigenvalue weighted by Crippen LogP contribution is -2.50. The van der Waals surface area contributed by atoms with E-state index in [-0.39, 0.29) is 0 Å². The summed E-state index contributed by atoms with van der Waals surface area (Å²) >= 11 is 11.9. The molecule has 1 unspecified atom stereocenters. The lowest BCUT2D eigenvalue weighted by molar-refractivity contribution is -0.168. The van der Waals surface area contributed by atoms with Crippen LogP contribution >= 0.6 is 23.2 Å². The maximum atomic E-state index is 10.7. The molecule has 1 N–H and O–H groups in total. The molecule has 1 aromatic rings. The van der Waals surface area contributed by atoms with E-state index in [1.54, 1.807) is 32.4 Å². The van der Waals surface area contributed by atoms with E-state index in [1.807, 2.05) is 6.92 Å². The van der Waals surface area contributed by atoms with E-state index in [0.717, 1.165) is 0 Å². The Hall–Kier alpha value is -0.400. The molecule has 0 spiro atoms. The lowest BCUT2D eigenvalue weighted by atomic mass is 9.88. The van der Waals surface area contributed by atoms with Gasteiger partial charge in [0, 0.05) is 21.3 Å². The van der Waals surface area contributed by atoms with Crippen molar-refractivity contribution in [3.05, 3.63) is 33.8 Å². The molecular formula is C15H20Cl2O5. The maximum absolute atomic E-state index is 10.7. The Balaban J connectivity index is 2.34. The van der Waals surface area contributed by atoms with Crippen LogP contribution in [0.3, 0.4) is 0 Å². The number of hydrogen-bond donors (Lipinski definition) is 1. The zero-order chi connectivity index (χ0) is 16.5. The van der Waals surface area contributed by atoms with Crippen molar-refractivity contribution in [1.82, 2.24) is 0 Å². The third-order valence-electron chi connectivity index (χ3n) is 4.16. The Labute approximate surface area is 140 Å². The van der Waals surface area contributed by atoms with Gasteiger partial charge in [0.05, 0.1) is 10.0 Å². The monoisotopic (exact) mass is 350 g/mol. The minimum absolute atomic E-state index is 0.363. The minimum Gasteiger partial charge on any atom is -0.386 e. The second-order valence-electron chi connectivity index (χ2n) is 5.32. The molecule has 0 amide bonds. The molecular weight excluding hydrogens is 331 g/mol. The van der Waals surface area contributed by atoms with Crippen molar-refractivity contribution < 1.29 is 24.1 Å². The van der Waals surface area contributed by atoms with Crippen molar-refractivity contribution in [2.75, 3.05) is 21.3 Å². The summed E-state index contributed by atoms with van der Waals surface area (Å²) in [5, 5.41) is 11.5. The van der Waals surface area contributed by atoms with Crippen LogP contribution in [0.4, 0.5) is 0 Å². The maximum Gasteiger partial charge on any atom is 0.186 e. The van der Waals surface area contributed by atoms with E-state index >= 15 is 0 Å². The third kappa shape index (κ3) is 2.99. The van der Waals surface area contributed by atoms with Crippen LogP contribution in [0.1, 0.15) is 18.6 Å². The molecule has 1 aliphatic heterocycles. The first-order valence-electron chi connectivity index (χ1n) is 6.78. The van der Waals surface area contributed by atoms with E-state index in [1.165, 1.54) is 7.11 Å². The number of aliphatic hydroxyl groups is 1. The molecule has 5 nitrogen and oxygen atoms in total. The van der Waals surface area contributed by atoms with Crippen molar-refractivity contribution >= 4 is 23.2 Å². The van der Waals surface area contributed by atoms with E-state index in [9.17, 15) is 5.11 Å². The van der Waals surface area contributed by atoms with Crippen LogP contribution in [0.15, 0.2) is 18.2 Å². The quantitative estimate of drug-likeness (QED) is 0.884. The van der Waals surface area contributed by atoms with Gasteiger partial charge < -0.3 is 24.1 Å². The highest BCUT2D eigenvalue weighted by Crippen LogP contribution is 2.42. The highest BCUT2D eigenvalue weighted by Gasteiger charge is 2.57. The Bertz CT molecular complexity index is 527. The number of rotatable bonds is 5. The van der Waals surface area contributed by atoms with Gasteiger partial charge in [0.2, 0.25) is 0 Å². The molecule has 1 aromatic carbocycles. The molecule has 5 atom stereocenters. The van der Waals surface area contributed by atoms with Gasteiger partial charge in [-0.15, -0.1) is 0 Å². The summed E-state index contributed by atoms with van der Waals surface area (Å²) in [5.41, 5.74) is -0.310. The van der Waals surface area contributed by atoms with Crippen molar-refractivity contribution in [2.45, 2.75) is 37.1 Å². The molecule has 0 radical (unpaired) electrons. The smallest absolute Gasteiger partial charge is 0.186 e. The SMILES string of the molecule is COC1O[C@H]([C@H](O)c2ccc(Cl)c(Cl)c2)[C@@](C)(OC)[C@H]1OC. The topological polar surface area (TPSA) is 57.2 Å². The van der Waals surface area contributed by atoms with Crippen LogP contribution in [-0.2, 0) is 18.9 Å². The molecule has 0 aliphatic carbocycles. The first kappa shape index (κ1) is 17.9. The Morgan fingerprint density at radius 1 is 1.18 bits per heavy atom. The van der Waals surface area contributed by atoms with E-state index < -0.39 is 30.2 Å². The van der Waals surface area contributed by atoms with Gasteiger partial charge in [-0.05, 0) is 24.6 Å². The second-order valence-corrected chi connectivity index (χ2v) is 6.14. The predicted octanol–water partition coefficient (Wildman–Crippen LogP) is 2.82. The molecule has 7 heteroatoms. The summed E-state index contributed by atoms with van der Waals surface area (Å²) in [6.07, 6.45) is -2.79. The van der Waals surface area contributed by atoms with Crippen molar-refractivity contribution in [2.24, 2.45) is 0 Å². The predicted molar refractivity (Wildman–Crippen MR) is 83.3 cm³/mol. The second kappa shape index (κ2) is 7.01. The Morgan fingerprint density at radius 3 is 2.36 bits per heavy atom. The number of methoxy groups -OCH3 is 3. The molecule has 0 aromatic heterocycles. The van der Waals surface area contributed by atoms with Crippen LogP contribution in [-0.4, -0.2) is 50.5 Å². The van der Waals surface area contributed by atoms with Gasteiger partial charge in [-0.3, -0.25) is 0 Å². The van der Waals surface area contributed by atoms with E-state index in [4.69, 9.17) is 42.1 Å². The first-order chi connectivity index (χ1) is 10.4. The molecule has 1 aliphatic rings. The summed E-state index contributed by atoms with van der Waals surface area (Å²) in [7, 11) is 4.61. The van der Waals surface area contributed by atoms with Gasteiger partial charge in [-0.2, -0.15) is 0 Å². The van der Waals surface area contributed by atoms with Gasteiger partial charge in [-0.1, -0.05) is 29.3 Å². The molecule has 0 bridgehead atoms. The summed E-state index contributed by atoms with van der Waals surface area (Å²) in [6, 6.07) is 4.93. The molecule has 1 saturated heterocycles. The van der Waals surface area contributed by atoms with Gasteiger partial charge in [0.25, 0.3) is 0 Å². The largest absolute Gasteiger partial charge is 0.386 e. The van der Waals surface area contributed by atoms with E-state index in [0.29, 0.717) is 15.6 Å². The van der Waals surface area contributed by atoms with Crippen molar-refractivity contribution in [3.63, 3.8) is 0 Å². The average Bonchev–Trinajstić information content (AvgIpc) is 2.81. The van der Waals surface area contributed by atoms with Crippen molar-refractivity contribution in [3.8, 4) is 0 Å². The number of ether oxygens (including phenoxy) is 4. The molecule has 1 fully saturated rings. The van der Waals surface area contributed by atoms with Crippen molar-refractivity contribution in [1.29, 1.82) is 0 Å². The van der Waals surface area contributed by atoms with Gasteiger partial charge in [-0.25, -0.2) is 0 Å².